The minimum atomic E-state index is -0.349. The molecule has 0 unspecified atom stereocenters. The molecule has 2 aromatic carbocycles. The summed E-state index contributed by atoms with van der Waals surface area (Å²) in [5.74, 6) is -0.326. The molecule has 0 radical (unpaired) electrons. The van der Waals surface area contributed by atoms with Crippen LogP contribution in [0.5, 0.6) is 5.75 Å². The summed E-state index contributed by atoms with van der Waals surface area (Å²) in [6.07, 6.45) is 0. The van der Waals surface area contributed by atoms with Gasteiger partial charge in [-0.25, -0.2) is 4.31 Å². The van der Waals surface area contributed by atoms with Crippen LogP contribution >= 0.6 is 11.9 Å². The molecule has 1 N–H and O–H groups in total. The highest BCUT2D eigenvalue weighted by molar-refractivity contribution is 7.98. The van der Waals surface area contributed by atoms with Crippen LogP contribution in [0.3, 0.4) is 0 Å². The van der Waals surface area contributed by atoms with E-state index in [1.54, 1.807) is 36.4 Å². The second kappa shape index (κ2) is 5.50. The van der Waals surface area contributed by atoms with Gasteiger partial charge in [0.2, 0.25) is 0 Å². The van der Waals surface area contributed by atoms with Crippen LogP contribution in [-0.4, -0.2) is 21.2 Å². The summed E-state index contributed by atoms with van der Waals surface area (Å²) in [4.78, 5) is 25.1. The topological polar surface area (TPSA) is 57.6 Å². The first-order valence-corrected chi connectivity index (χ1v) is 7.75. The van der Waals surface area contributed by atoms with Crippen molar-refractivity contribution in [1.29, 1.82) is 0 Å². The monoisotopic (exact) mass is 313 g/mol. The second-order valence-corrected chi connectivity index (χ2v) is 6.41. The number of carbonyl (C=O) groups is 2. The smallest absolute Gasteiger partial charge is 0.272 e. The van der Waals surface area contributed by atoms with Gasteiger partial charge in [0.15, 0.2) is 0 Å². The van der Waals surface area contributed by atoms with Crippen LogP contribution in [0.4, 0.5) is 0 Å². The largest absolute Gasteiger partial charge is 0.507 e. The average Bonchev–Trinajstić information content (AvgIpc) is 2.74. The Hall–Kier alpha value is -2.27. The summed E-state index contributed by atoms with van der Waals surface area (Å²) in [5.41, 5.74) is 1.81. The Morgan fingerprint density at radius 3 is 2.09 bits per heavy atom. The highest BCUT2D eigenvalue weighted by Crippen LogP contribution is 2.37. The van der Waals surface area contributed by atoms with Crippen LogP contribution < -0.4 is 0 Å². The van der Waals surface area contributed by atoms with Gasteiger partial charge in [-0.15, -0.1) is 0 Å². The molecule has 0 aliphatic carbocycles. The number of carbonyl (C=O) groups excluding carboxylic acids is 2. The third kappa shape index (κ3) is 2.37. The van der Waals surface area contributed by atoms with Gasteiger partial charge in [0, 0.05) is 11.9 Å². The molecule has 3 rings (SSSR count). The number of phenolic OH excluding ortho intramolecular Hbond substituents is 1. The molecule has 0 fully saturated rings. The molecule has 1 aliphatic heterocycles. The number of fused-ring (bicyclic) bond motifs is 1. The van der Waals surface area contributed by atoms with Crippen molar-refractivity contribution in [2.45, 2.75) is 24.7 Å². The minimum Gasteiger partial charge on any atom is -0.507 e. The molecule has 0 saturated heterocycles. The molecule has 2 aromatic rings. The van der Waals surface area contributed by atoms with Crippen molar-refractivity contribution in [2.75, 3.05) is 0 Å². The van der Waals surface area contributed by atoms with E-state index >= 15 is 0 Å². The van der Waals surface area contributed by atoms with Gasteiger partial charge < -0.3 is 5.11 Å². The summed E-state index contributed by atoms with van der Waals surface area (Å²) in [7, 11) is 0. The molecule has 22 heavy (non-hydrogen) atoms. The third-order valence-corrected chi connectivity index (χ3v) is 4.65. The highest BCUT2D eigenvalue weighted by Gasteiger charge is 2.36. The maximum atomic E-state index is 12.3. The molecule has 4 nitrogen and oxygen atoms in total. The van der Waals surface area contributed by atoms with E-state index < -0.39 is 0 Å². The first kappa shape index (κ1) is 14.7. The Morgan fingerprint density at radius 1 is 1.00 bits per heavy atom. The standard InChI is InChI=1S/C17H15NO3S/c1-10(2)11-7-8-15(14(19)9-11)22-18-16(20)12-5-3-4-6-13(12)17(18)21/h3-10,19H,1-2H3. The Labute approximate surface area is 132 Å². The third-order valence-electron chi connectivity index (χ3n) is 3.60. The molecule has 0 aromatic heterocycles. The van der Waals surface area contributed by atoms with E-state index in [2.05, 4.69) is 0 Å². The molecule has 0 saturated carbocycles. The molecule has 0 spiro atoms. The lowest BCUT2D eigenvalue weighted by atomic mass is 10.0. The minimum absolute atomic E-state index is 0.0766. The second-order valence-electron chi connectivity index (χ2n) is 5.42. The number of hydrogen-bond donors (Lipinski definition) is 1. The fraction of sp³-hybridized carbons (Fsp3) is 0.176. The summed E-state index contributed by atoms with van der Waals surface area (Å²) < 4.78 is 1.09. The fourth-order valence-electron chi connectivity index (χ4n) is 2.32. The summed E-state index contributed by atoms with van der Waals surface area (Å²) in [6, 6.07) is 12.0. The van der Waals surface area contributed by atoms with Gasteiger partial charge in [0.05, 0.1) is 16.0 Å². The van der Waals surface area contributed by atoms with Gasteiger partial charge >= 0.3 is 0 Å². The highest BCUT2D eigenvalue weighted by atomic mass is 32.2. The molecule has 2 amide bonds. The zero-order chi connectivity index (χ0) is 15.9. The van der Waals surface area contributed by atoms with E-state index in [1.165, 1.54) is 0 Å². The van der Waals surface area contributed by atoms with Crippen LogP contribution in [0, 0.1) is 0 Å². The quantitative estimate of drug-likeness (QED) is 0.691. The van der Waals surface area contributed by atoms with Crippen LogP contribution in [0.25, 0.3) is 0 Å². The molecular formula is C17H15NO3S. The van der Waals surface area contributed by atoms with Crippen molar-refractivity contribution in [1.82, 2.24) is 4.31 Å². The number of phenols is 1. The van der Waals surface area contributed by atoms with Gasteiger partial charge in [-0.2, -0.15) is 0 Å². The molecule has 1 aliphatic rings. The lowest BCUT2D eigenvalue weighted by Crippen LogP contribution is -2.21. The molecule has 5 heteroatoms. The number of nitrogens with zero attached hydrogens (tertiary/aromatic N) is 1. The Balaban J connectivity index is 1.89. The fourth-order valence-corrected chi connectivity index (χ4v) is 3.16. The van der Waals surface area contributed by atoms with E-state index in [1.807, 2.05) is 19.9 Å². The van der Waals surface area contributed by atoms with Crippen molar-refractivity contribution < 1.29 is 14.7 Å². The molecule has 1 heterocycles. The summed E-state index contributed by atoms with van der Waals surface area (Å²) >= 11 is 0.955. The van der Waals surface area contributed by atoms with E-state index in [0.29, 0.717) is 21.9 Å². The zero-order valence-electron chi connectivity index (χ0n) is 12.2. The SMILES string of the molecule is CC(C)c1ccc(SN2C(=O)c3ccccc3C2=O)c(O)c1. The van der Waals surface area contributed by atoms with Crippen LogP contribution in [-0.2, 0) is 0 Å². The Morgan fingerprint density at radius 2 is 1.59 bits per heavy atom. The number of imide groups is 1. The van der Waals surface area contributed by atoms with Crippen molar-refractivity contribution in [3.63, 3.8) is 0 Å². The lowest BCUT2D eigenvalue weighted by Gasteiger charge is -2.14. The van der Waals surface area contributed by atoms with E-state index in [-0.39, 0.29) is 17.6 Å². The number of hydrogen-bond acceptors (Lipinski definition) is 4. The number of amides is 2. The maximum Gasteiger partial charge on any atom is 0.272 e. The number of aromatic hydroxyl groups is 1. The van der Waals surface area contributed by atoms with Crippen molar-refractivity contribution in [2.24, 2.45) is 0 Å². The van der Waals surface area contributed by atoms with Gasteiger partial charge in [-0.1, -0.05) is 32.0 Å². The number of rotatable bonds is 3. The predicted molar refractivity (Wildman–Crippen MR) is 85.0 cm³/mol. The molecule has 112 valence electrons. The van der Waals surface area contributed by atoms with Gasteiger partial charge in [0.1, 0.15) is 5.75 Å². The Kier molecular flexibility index (Phi) is 3.66. The Bertz CT molecular complexity index is 735. The maximum absolute atomic E-state index is 12.3. The van der Waals surface area contributed by atoms with Crippen molar-refractivity contribution in [3.05, 3.63) is 59.2 Å². The van der Waals surface area contributed by atoms with E-state index in [4.69, 9.17) is 0 Å². The summed E-state index contributed by atoms with van der Waals surface area (Å²) in [5, 5.41) is 10.1. The van der Waals surface area contributed by atoms with Crippen molar-refractivity contribution in [3.8, 4) is 5.75 Å². The normalized spacial score (nSPS) is 13.9. The summed E-state index contributed by atoms with van der Waals surface area (Å²) in [6.45, 7) is 4.07. The average molecular weight is 313 g/mol. The van der Waals surface area contributed by atoms with Gasteiger partial charge in [-0.3, -0.25) is 9.59 Å². The zero-order valence-corrected chi connectivity index (χ0v) is 13.1. The van der Waals surface area contributed by atoms with Crippen LogP contribution in [0.1, 0.15) is 46.0 Å². The molecular weight excluding hydrogens is 298 g/mol. The van der Waals surface area contributed by atoms with E-state index in [0.717, 1.165) is 21.8 Å². The van der Waals surface area contributed by atoms with E-state index in [9.17, 15) is 14.7 Å². The molecule has 0 atom stereocenters. The van der Waals surface area contributed by atoms with Gasteiger partial charge in [-0.05, 0) is 35.7 Å². The van der Waals surface area contributed by atoms with Crippen molar-refractivity contribution >= 4 is 23.8 Å². The first-order valence-electron chi connectivity index (χ1n) is 6.97. The lowest BCUT2D eigenvalue weighted by molar-refractivity contribution is 0.0777. The first-order chi connectivity index (χ1) is 10.5. The molecule has 0 bridgehead atoms. The van der Waals surface area contributed by atoms with Gasteiger partial charge in [0.25, 0.3) is 11.8 Å². The predicted octanol–water partition coefficient (Wildman–Crippen LogP) is 3.82. The van der Waals surface area contributed by atoms with Crippen LogP contribution in [0.2, 0.25) is 0 Å². The van der Waals surface area contributed by atoms with Crippen LogP contribution in [0.15, 0.2) is 47.4 Å². The number of benzene rings is 2.